The molecular formula is C13H26N2O3. The molecule has 0 aromatic rings. The number of carbonyl (C=O) groups excluding carboxylic acids is 1. The van der Waals surface area contributed by atoms with E-state index in [9.17, 15) is 4.79 Å². The number of morpholine rings is 1. The Labute approximate surface area is 110 Å². The zero-order chi connectivity index (χ0) is 13.6. The maximum atomic E-state index is 11.4. The lowest BCUT2D eigenvalue weighted by Gasteiger charge is -2.33. The zero-order valence-electron chi connectivity index (χ0n) is 11.8. The van der Waals surface area contributed by atoms with Crippen LogP contribution in [0.2, 0.25) is 0 Å². The van der Waals surface area contributed by atoms with Crippen molar-refractivity contribution >= 4 is 5.97 Å². The van der Waals surface area contributed by atoms with Gasteiger partial charge in [0.15, 0.2) is 0 Å². The largest absolute Gasteiger partial charge is 0.468 e. The summed E-state index contributed by atoms with van der Waals surface area (Å²) < 4.78 is 10.3. The summed E-state index contributed by atoms with van der Waals surface area (Å²) in [6.45, 7) is 7.58. The fourth-order valence-corrected chi connectivity index (χ4v) is 2.24. The van der Waals surface area contributed by atoms with E-state index in [2.05, 4.69) is 11.8 Å². The second kappa shape index (κ2) is 7.07. The first-order valence-electron chi connectivity index (χ1n) is 6.71. The van der Waals surface area contributed by atoms with Gasteiger partial charge >= 0.3 is 5.97 Å². The minimum absolute atomic E-state index is 0.337. The first kappa shape index (κ1) is 15.4. The van der Waals surface area contributed by atoms with Gasteiger partial charge in [0, 0.05) is 13.1 Å². The predicted molar refractivity (Wildman–Crippen MR) is 70.3 cm³/mol. The van der Waals surface area contributed by atoms with Crippen LogP contribution in [-0.4, -0.2) is 55.9 Å². The topological polar surface area (TPSA) is 64.8 Å². The molecule has 1 fully saturated rings. The van der Waals surface area contributed by atoms with Crippen molar-refractivity contribution in [1.82, 2.24) is 4.90 Å². The number of nitrogens with zero attached hydrogens (tertiary/aromatic N) is 1. The van der Waals surface area contributed by atoms with Crippen molar-refractivity contribution in [3.05, 3.63) is 0 Å². The Morgan fingerprint density at radius 2 is 2.33 bits per heavy atom. The summed E-state index contributed by atoms with van der Waals surface area (Å²) in [4.78, 5) is 13.8. The highest BCUT2D eigenvalue weighted by molar-refractivity contribution is 5.79. The average Bonchev–Trinajstić information content (AvgIpc) is 2.37. The molecule has 2 N–H and O–H groups in total. The zero-order valence-corrected chi connectivity index (χ0v) is 11.8. The van der Waals surface area contributed by atoms with Gasteiger partial charge in [0.2, 0.25) is 0 Å². The van der Waals surface area contributed by atoms with Crippen LogP contribution < -0.4 is 5.73 Å². The minimum Gasteiger partial charge on any atom is -0.468 e. The third-order valence-corrected chi connectivity index (χ3v) is 3.50. The molecule has 0 aromatic carbocycles. The first-order valence-corrected chi connectivity index (χ1v) is 6.71. The lowest BCUT2D eigenvalue weighted by atomic mass is 9.97. The van der Waals surface area contributed by atoms with Crippen molar-refractivity contribution < 1.29 is 14.3 Å². The van der Waals surface area contributed by atoms with Gasteiger partial charge in [0.25, 0.3) is 0 Å². The van der Waals surface area contributed by atoms with Crippen molar-refractivity contribution in [3.8, 4) is 0 Å². The lowest BCUT2D eigenvalue weighted by molar-refractivity contribution is -0.146. The van der Waals surface area contributed by atoms with Crippen molar-refractivity contribution in [2.45, 2.75) is 44.8 Å². The van der Waals surface area contributed by atoms with E-state index in [4.69, 9.17) is 15.2 Å². The Kier molecular flexibility index (Phi) is 6.05. The second-order valence-electron chi connectivity index (χ2n) is 5.21. The highest BCUT2D eigenvalue weighted by Gasteiger charge is 2.29. The molecule has 18 heavy (non-hydrogen) atoms. The second-order valence-corrected chi connectivity index (χ2v) is 5.21. The number of hydrogen-bond donors (Lipinski definition) is 1. The first-order chi connectivity index (χ1) is 8.49. The molecule has 0 aliphatic carbocycles. The number of methoxy groups -OCH3 is 1. The van der Waals surface area contributed by atoms with Crippen LogP contribution in [-0.2, 0) is 14.3 Å². The van der Waals surface area contributed by atoms with Gasteiger partial charge in [-0.3, -0.25) is 9.69 Å². The number of nitrogens with two attached hydrogens (primary N) is 1. The highest BCUT2D eigenvalue weighted by atomic mass is 16.5. The van der Waals surface area contributed by atoms with Crippen molar-refractivity contribution in [2.24, 2.45) is 5.73 Å². The number of esters is 1. The molecule has 1 saturated heterocycles. The fourth-order valence-electron chi connectivity index (χ4n) is 2.24. The van der Waals surface area contributed by atoms with Gasteiger partial charge in [0.1, 0.15) is 5.54 Å². The van der Waals surface area contributed by atoms with Gasteiger partial charge in [-0.05, 0) is 32.7 Å². The Bertz CT molecular complexity index is 269. The van der Waals surface area contributed by atoms with E-state index in [1.165, 1.54) is 7.11 Å². The van der Waals surface area contributed by atoms with Crippen molar-refractivity contribution in [1.29, 1.82) is 0 Å². The molecule has 0 aromatic heterocycles. The summed E-state index contributed by atoms with van der Waals surface area (Å²) in [5.41, 5.74) is 5.05. The fraction of sp³-hybridized carbons (Fsp3) is 0.923. The Hall–Kier alpha value is -0.650. The quantitative estimate of drug-likeness (QED) is 0.713. The number of hydrogen-bond acceptors (Lipinski definition) is 5. The predicted octanol–water partition coefficient (Wildman–Crippen LogP) is 0.768. The van der Waals surface area contributed by atoms with Crippen LogP contribution >= 0.6 is 0 Å². The van der Waals surface area contributed by atoms with Crippen molar-refractivity contribution in [3.63, 3.8) is 0 Å². The van der Waals surface area contributed by atoms with Gasteiger partial charge in [-0.2, -0.15) is 0 Å². The SMILES string of the molecule is CCC1CN(CCCC(C)(N)C(=O)OC)CCO1. The molecule has 2 atom stereocenters. The summed E-state index contributed by atoms with van der Waals surface area (Å²) in [5.74, 6) is -0.337. The van der Waals surface area contributed by atoms with E-state index in [0.717, 1.165) is 39.1 Å². The monoisotopic (exact) mass is 258 g/mol. The van der Waals surface area contributed by atoms with E-state index in [1.807, 2.05) is 0 Å². The molecule has 2 unspecified atom stereocenters. The number of ether oxygens (including phenoxy) is 2. The molecule has 106 valence electrons. The maximum Gasteiger partial charge on any atom is 0.325 e. The van der Waals surface area contributed by atoms with E-state index < -0.39 is 5.54 Å². The average molecular weight is 258 g/mol. The Balaban J connectivity index is 2.27. The minimum atomic E-state index is -0.870. The molecule has 0 amide bonds. The molecule has 1 aliphatic heterocycles. The number of carbonyl (C=O) groups is 1. The van der Waals surface area contributed by atoms with Crippen LogP contribution in [0.3, 0.4) is 0 Å². The molecule has 5 heteroatoms. The standard InChI is InChI=1S/C13H26N2O3/c1-4-11-10-15(8-9-18-11)7-5-6-13(2,14)12(16)17-3/h11H,4-10,14H2,1-3H3. The van der Waals surface area contributed by atoms with E-state index in [0.29, 0.717) is 12.5 Å². The van der Waals surface area contributed by atoms with Crippen LogP contribution in [0, 0.1) is 0 Å². The molecule has 0 spiro atoms. The molecule has 1 aliphatic rings. The van der Waals surface area contributed by atoms with Gasteiger partial charge in [0.05, 0.1) is 19.8 Å². The van der Waals surface area contributed by atoms with E-state index in [-0.39, 0.29) is 5.97 Å². The van der Waals surface area contributed by atoms with Crippen molar-refractivity contribution in [2.75, 3.05) is 33.4 Å². The van der Waals surface area contributed by atoms with Gasteiger partial charge in [-0.25, -0.2) is 0 Å². The Morgan fingerprint density at radius 3 is 2.94 bits per heavy atom. The highest BCUT2D eigenvalue weighted by Crippen LogP contribution is 2.13. The molecule has 0 saturated carbocycles. The molecular weight excluding hydrogens is 232 g/mol. The van der Waals surface area contributed by atoms with E-state index >= 15 is 0 Å². The van der Waals surface area contributed by atoms with E-state index in [1.54, 1.807) is 6.92 Å². The summed E-state index contributed by atoms with van der Waals surface area (Å²) in [6.07, 6.45) is 2.95. The normalized spacial score (nSPS) is 24.6. The van der Waals surface area contributed by atoms with Gasteiger partial charge in [-0.1, -0.05) is 6.92 Å². The molecule has 1 heterocycles. The van der Waals surface area contributed by atoms with Crippen LogP contribution in [0.25, 0.3) is 0 Å². The summed E-state index contributed by atoms with van der Waals surface area (Å²) in [6, 6.07) is 0. The number of rotatable bonds is 6. The third-order valence-electron chi connectivity index (χ3n) is 3.50. The third kappa shape index (κ3) is 4.55. The smallest absolute Gasteiger partial charge is 0.325 e. The van der Waals surface area contributed by atoms with Gasteiger partial charge in [-0.15, -0.1) is 0 Å². The van der Waals surface area contributed by atoms with Crippen LogP contribution in [0.1, 0.15) is 33.1 Å². The van der Waals surface area contributed by atoms with Crippen LogP contribution in [0.4, 0.5) is 0 Å². The molecule has 0 radical (unpaired) electrons. The van der Waals surface area contributed by atoms with Crippen LogP contribution in [0.15, 0.2) is 0 Å². The summed E-state index contributed by atoms with van der Waals surface area (Å²) in [5, 5.41) is 0. The summed E-state index contributed by atoms with van der Waals surface area (Å²) >= 11 is 0. The molecule has 0 bridgehead atoms. The molecule has 1 rings (SSSR count). The Morgan fingerprint density at radius 1 is 1.61 bits per heavy atom. The maximum absolute atomic E-state index is 11.4. The van der Waals surface area contributed by atoms with Crippen LogP contribution in [0.5, 0.6) is 0 Å². The molecule has 5 nitrogen and oxygen atoms in total. The lowest BCUT2D eigenvalue weighted by Crippen LogP contribution is -2.47. The van der Waals surface area contributed by atoms with Gasteiger partial charge < -0.3 is 15.2 Å². The summed E-state index contributed by atoms with van der Waals surface area (Å²) in [7, 11) is 1.38.